The van der Waals surface area contributed by atoms with Crippen molar-refractivity contribution >= 4 is 5.91 Å². The second kappa shape index (κ2) is 8.01. The van der Waals surface area contributed by atoms with Crippen molar-refractivity contribution in [3.8, 4) is 0 Å². The lowest BCUT2D eigenvalue weighted by molar-refractivity contribution is -0.0950. The molecule has 7 heteroatoms. The molecule has 1 aromatic carbocycles. The normalized spacial score (nSPS) is 20.5. The molecule has 2 saturated heterocycles. The Morgan fingerprint density at radius 3 is 3.04 bits per heavy atom. The van der Waals surface area contributed by atoms with E-state index in [0.717, 1.165) is 24.9 Å². The second-order valence-corrected chi connectivity index (χ2v) is 7.78. The molecule has 2 aliphatic heterocycles. The molecule has 0 N–H and O–H groups in total. The maximum absolute atomic E-state index is 13.2. The summed E-state index contributed by atoms with van der Waals surface area (Å²) in [5.74, 6) is 0.224. The third-order valence-corrected chi connectivity index (χ3v) is 5.56. The number of nitrogens with zero attached hydrogens (tertiary/aromatic N) is 3. The van der Waals surface area contributed by atoms with Gasteiger partial charge in [-0.1, -0.05) is 12.1 Å². The van der Waals surface area contributed by atoms with Gasteiger partial charge in [-0.05, 0) is 43.4 Å². The van der Waals surface area contributed by atoms with Crippen molar-refractivity contribution in [2.75, 3.05) is 26.3 Å². The van der Waals surface area contributed by atoms with Crippen molar-refractivity contribution in [2.24, 2.45) is 5.92 Å². The highest BCUT2D eigenvalue weighted by molar-refractivity contribution is 5.94. The van der Waals surface area contributed by atoms with Crippen molar-refractivity contribution < 1.29 is 18.7 Å². The van der Waals surface area contributed by atoms with E-state index in [1.165, 1.54) is 12.1 Å². The first-order valence-corrected chi connectivity index (χ1v) is 9.85. The molecule has 1 atom stereocenters. The van der Waals surface area contributed by atoms with Crippen LogP contribution in [0.4, 0.5) is 4.39 Å². The Balaban J connectivity index is 1.18. The highest BCUT2D eigenvalue weighted by Crippen LogP contribution is 2.39. The number of carbonyl (C=O) groups is 1. The highest BCUT2D eigenvalue weighted by atomic mass is 19.1. The standard InChI is InChI=1S/C21H26FN3O3/c1-2-25-11-18(10-23-25)20(26)24-14-21(15-24)9-17(13-28-21)6-7-27-12-16-4-3-5-19(22)8-16/h3-5,8,10-11,17H,2,6-7,9,12-15H2,1H3. The molecule has 1 unspecified atom stereocenters. The molecular weight excluding hydrogens is 361 g/mol. The van der Waals surface area contributed by atoms with E-state index in [4.69, 9.17) is 9.47 Å². The number of halogens is 1. The van der Waals surface area contributed by atoms with Gasteiger partial charge >= 0.3 is 0 Å². The number of aryl methyl sites for hydroxylation is 1. The average Bonchev–Trinajstić information content (AvgIpc) is 3.31. The summed E-state index contributed by atoms with van der Waals surface area (Å²) in [6.07, 6.45) is 5.29. The highest BCUT2D eigenvalue weighted by Gasteiger charge is 2.51. The summed E-state index contributed by atoms with van der Waals surface area (Å²) in [7, 11) is 0. The molecule has 0 bridgehead atoms. The van der Waals surface area contributed by atoms with E-state index in [-0.39, 0.29) is 17.3 Å². The molecule has 150 valence electrons. The quantitative estimate of drug-likeness (QED) is 0.686. The van der Waals surface area contributed by atoms with Crippen LogP contribution in [0.15, 0.2) is 36.7 Å². The Morgan fingerprint density at radius 2 is 2.29 bits per heavy atom. The molecule has 0 aliphatic carbocycles. The molecule has 2 aliphatic rings. The van der Waals surface area contributed by atoms with Crippen LogP contribution < -0.4 is 0 Å². The van der Waals surface area contributed by atoms with Crippen molar-refractivity contribution in [3.63, 3.8) is 0 Å². The largest absolute Gasteiger partial charge is 0.377 e. The third-order valence-electron chi connectivity index (χ3n) is 5.56. The van der Waals surface area contributed by atoms with Gasteiger partial charge in [0, 0.05) is 19.3 Å². The van der Waals surface area contributed by atoms with Gasteiger partial charge in [-0.2, -0.15) is 5.10 Å². The van der Waals surface area contributed by atoms with Crippen molar-refractivity contribution in [1.82, 2.24) is 14.7 Å². The maximum atomic E-state index is 13.2. The molecule has 1 spiro atoms. The molecule has 1 aromatic heterocycles. The Labute approximate surface area is 164 Å². The van der Waals surface area contributed by atoms with Gasteiger partial charge in [0.05, 0.1) is 38.1 Å². The summed E-state index contributed by atoms with van der Waals surface area (Å²) in [6.45, 7) is 5.79. The van der Waals surface area contributed by atoms with Gasteiger partial charge in [0.1, 0.15) is 11.4 Å². The number of rotatable bonds is 7. The van der Waals surface area contributed by atoms with E-state index < -0.39 is 0 Å². The molecule has 0 radical (unpaired) electrons. The maximum Gasteiger partial charge on any atom is 0.257 e. The lowest BCUT2D eigenvalue weighted by atomic mass is 9.86. The number of likely N-dealkylation sites (tertiary alicyclic amines) is 1. The van der Waals surface area contributed by atoms with Crippen LogP contribution in [0.1, 0.15) is 35.7 Å². The lowest BCUT2D eigenvalue weighted by Gasteiger charge is -2.47. The van der Waals surface area contributed by atoms with Gasteiger partial charge in [-0.3, -0.25) is 9.48 Å². The van der Waals surface area contributed by atoms with Crippen molar-refractivity contribution in [2.45, 2.75) is 38.5 Å². The Hall–Kier alpha value is -2.25. The van der Waals surface area contributed by atoms with Crippen LogP contribution in [0.3, 0.4) is 0 Å². The molecule has 28 heavy (non-hydrogen) atoms. The second-order valence-electron chi connectivity index (χ2n) is 7.78. The number of amides is 1. The first-order chi connectivity index (χ1) is 13.6. The number of benzene rings is 1. The molecule has 1 amide bonds. The Morgan fingerprint density at radius 1 is 1.43 bits per heavy atom. The predicted octanol–water partition coefficient (Wildman–Crippen LogP) is 2.88. The van der Waals surface area contributed by atoms with E-state index in [2.05, 4.69) is 5.10 Å². The van der Waals surface area contributed by atoms with E-state index in [1.54, 1.807) is 23.1 Å². The smallest absolute Gasteiger partial charge is 0.257 e. The zero-order chi connectivity index (χ0) is 19.6. The summed E-state index contributed by atoms with van der Waals surface area (Å²) in [4.78, 5) is 14.4. The summed E-state index contributed by atoms with van der Waals surface area (Å²) in [6, 6.07) is 6.49. The van der Waals surface area contributed by atoms with Gasteiger partial charge < -0.3 is 14.4 Å². The van der Waals surface area contributed by atoms with E-state index in [9.17, 15) is 9.18 Å². The van der Waals surface area contributed by atoms with Gasteiger partial charge in [0.15, 0.2) is 0 Å². The molecule has 2 aromatic rings. The topological polar surface area (TPSA) is 56.6 Å². The van der Waals surface area contributed by atoms with Gasteiger partial charge in [0.25, 0.3) is 5.91 Å². The summed E-state index contributed by atoms with van der Waals surface area (Å²) >= 11 is 0. The third kappa shape index (κ3) is 4.10. The van der Waals surface area contributed by atoms with Gasteiger partial charge in [0.2, 0.25) is 0 Å². The number of hydrogen-bond donors (Lipinski definition) is 0. The molecule has 2 fully saturated rings. The minimum Gasteiger partial charge on any atom is -0.377 e. The van der Waals surface area contributed by atoms with Crippen LogP contribution in [0.2, 0.25) is 0 Å². The number of hydrogen-bond acceptors (Lipinski definition) is 4. The fourth-order valence-electron chi connectivity index (χ4n) is 4.03. The fraction of sp³-hybridized carbons (Fsp3) is 0.524. The van der Waals surface area contributed by atoms with Crippen LogP contribution >= 0.6 is 0 Å². The summed E-state index contributed by atoms with van der Waals surface area (Å²) in [5, 5.41) is 4.17. The average molecular weight is 387 g/mol. The van der Waals surface area contributed by atoms with Crippen molar-refractivity contribution in [1.29, 1.82) is 0 Å². The minimum absolute atomic E-state index is 0.0239. The Bertz CT molecular complexity index is 832. The van der Waals surface area contributed by atoms with E-state index >= 15 is 0 Å². The monoisotopic (exact) mass is 387 g/mol. The van der Waals surface area contributed by atoms with Crippen molar-refractivity contribution in [3.05, 3.63) is 53.6 Å². The zero-order valence-electron chi connectivity index (χ0n) is 16.1. The number of aromatic nitrogens is 2. The first kappa shape index (κ1) is 19.1. The summed E-state index contributed by atoms with van der Waals surface area (Å²) < 4.78 is 26.7. The van der Waals surface area contributed by atoms with Gasteiger partial charge in [-0.15, -0.1) is 0 Å². The molecule has 3 heterocycles. The molecular formula is C21H26FN3O3. The Kier molecular flexibility index (Phi) is 5.46. The number of carbonyl (C=O) groups excluding carboxylic acids is 1. The molecule has 0 saturated carbocycles. The number of ether oxygens (including phenoxy) is 2. The lowest BCUT2D eigenvalue weighted by Crippen LogP contribution is -2.63. The minimum atomic E-state index is -0.238. The molecule has 6 nitrogen and oxygen atoms in total. The van der Waals surface area contributed by atoms with Crippen LogP contribution in [0.25, 0.3) is 0 Å². The molecule has 4 rings (SSSR count). The predicted molar refractivity (Wildman–Crippen MR) is 101 cm³/mol. The van der Waals surface area contributed by atoms with E-state index in [1.807, 2.05) is 17.9 Å². The van der Waals surface area contributed by atoms with Crippen LogP contribution in [-0.4, -0.2) is 52.5 Å². The SMILES string of the molecule is CCn1cc(C(=O)N2CC3(CC(CCOCc4cccc(F)c4)CO3)C2)cn1. The van der Waals surface area contributed by atoms with Crippen LogP contribution in [0, 0.1) is 11.7 Å². The zero-order valence-corrected chi connectivity index (χ0v) is 16.1. The van der Waals surface area contributed by atoms with E-state index in [0.29, 0.717) is 44.4 Å². The summed E-state index contributed by atoms with van der Waals surface area (Å²) in [5.41, 5.74) is 1.29. The first-order valence-electron chi connectivity index (χ1n) is 9.85. The van der Waals surface area contributed by atoms with Gasteiger partial charge in [-0.25, -0.2) is 4.39 Å². The fourth-order valence-corrected chi connectivity index (χ4v) is 4.03. The van der Waals surface area contributed by atoms with Crippen LogP contribution in [0.5, 0.6) is 0 Å². The van der Waals surface area contributed by atoms with Crippen LogP contribution in [-0.2, 0) is 22.6 Å².